The zero-order chi connectivity index (χ0) is 28.0. The monoisotopic (exact) mass is 611 g/mol. The molecule has 2 saturated heterocycles. The van der Waals surface area contributed by atoms with E-state index in [1.165, 1.54) is 11.8 Å². The number of anilines is 3. The van der Waals surface area contributed by atoms with E-state index in [1.54, 1.807) is 23.1 Å². The fraction of sp³-hybridized carbons (Fsp3) is 0.440. The molecule has 0 aromatic carbocycles. The summed E-state index contributed by atoms with van der Waals surface area (Å²) in [6.07, 6.45) is -3.94. The Hall–Kier alpha value is -2.65. The van der Waals surface area contributed by atoms with Crippen LogP contribution < -0.4 is 15.5 Å². The molecule has 0 bridgehead atoms. The average molecular weight is 612 g/mol. The first-order valence-electron chi connectivity index (χ1n) is 12.7. The zero-order valence-corrected chi connectivity index (χ0v) is 23.7. The number of thiophene rings is 1. The second kappa shape index (κ2) is 11.0. The molecule has 0 spiro atoms. The van der Waals surface area contributed by atoms with E-state index in [0.717, 1.165) is 37.2 Å². The molecule has 3 aliphatic rings. The van der Waals surface area contributed by atoms with E-state index in [4.69, 9.17) is 16.3 Å². The molecule has 40 heavy (non-hydrogen) atoms. The van der Waals surface area contributed by atoms with Gasteiger partial charge in [0.1, 0.15) is 16.3 Å². The third-order valence-corrected chi connectivity index (χ3v) is 9.47. The second-order valence-corrected chi connectivity index (χ2v) is 12.3. The van der Waals surface area contributed by atoms with Crippen LogP contribution >= 0.6 is 34.7 Å². The lowest BCUT2D eigenvalue weighted by Crippen LogP contribution is -2.52. The fourth-order valence-electron chi connectivity index (χ4n) is 4.78. The lowest BCUT2D eigenvalue weighted by molar-refractivity contribution is -0.137. The van der Waals surface area contributed by atoms with Crippen LogP contribution in [-0.4, -0.2) is 83.0 Å². The van der Waals surface area contributed by atoms with E-state index in [9.17, 15) is 18.0 Å². The van der Waals surface area contributed by atoms with Gasteiger partial charge in [-0.15, -0.1) is 23.1 Å². The van der Waals surface area contributed by atoms with Gasteiger partial charge in [0.2, 0.25) is 5.95 Å². The Balaban J connectivity index is 1.30. The number of alkyl halides is 3. The number of pyridine rings is 1. The molecule has 212 valence electrons. The van der Waals surface area contributed by atoms with Crippen molar-refractivity contribution in [3.8, 4) is 10.6 Å². The normalized spacial score (nSPS) is 20.2. The largest absolute Gasteiger partial charge is 0.420 e. The predicted molar refractivity (Wildman–Crippen MR) is 149 cm³/mol. The van der Waals surface area contributed by atoms with E-state index in [2.05, 4.69) is 37.4 Å². The quantitative estimate of drug-likeness (QED) is 0.396. The number of fused-ring (bicyclic) bond motifs is 1. The van der Waals surface area contributed by atoms with Gasteiger partial charge in [0, 0.05) is 49.1 Å². The number of ether oxygens (including phenoxy) is 1. The van der Waals surface area contributed by atoms with Crippen LogP contribution in [0.25, 0.3) is 10.6 Å². The lowest BCUT2D eigenvalue weighted by atomic mass is 10.2. The maximum atomic E-state index is 14.0. The highest BCUT2D eigenvalue weighted by atomic mass is 35.5. The maximum Gasteiger partial charge on any atom is 0.420 e. The Morgan fingerprint density at radius 3 is 2.75 bits per heavy atom. The van der Waals surface area contributed by atoms with Gasteiger partial charge in [-0.2, -0.15) is 13.2 Å². The van der Waals surface area contributed by atoms with Crippen LogP contribution in [0.1, 0.15) is 22.2 Å². The number of piperazine rings is 1. The van der Waals surface area contributed by atoms with E-state index in [-0.39, 0.29) is 33.6 Å². The Morgan fingerprint density at radius 2 is 2.05 bits per heavy atom. The number of halogens is 4. The van der Waals surface area contributed by atoms with Gasteiger partial charge in [0.05, 0.1) is 35.5 Å². The first-order valence-corrected chi connectivity index (χ1v) is 14.9. The molecule has 2 fully saturated rings. The number of nitrogens with zero attached hydrogens (tertiary/aromatic N) is 5. The van der Waals surface area contributed by atoms with E-state index >= 15 is 0 Å². The molecule has 3 aromatic rings. The number of carbonyl (C=O) groups is 1. The number of hydrogen-bond acceptors (Lipinski definition) is 10. The fourth-order valence-corrected chi connectivity index (χ4v) is 7.29. The molecule has 0 aliphatic carbocycles. The molecule has 3 aromatic heterocycles. The summed E-state index contributed by atoms with van der Waals surface area (Å²) in [4.78, 5) is 31.1. The summed E-state index contributed by atoms with van der Waals surface area (Å²) in [6, 6.07) is 5.42. The standard InChI is InChI=1S/C25H25ClF3N7O2S2/c1-13-10-35(5-4-30-13)19-3-2-16(22(26)33-19)32-24-31-9-15(25(27,28)29)20(34-24)17-8-18-21(40-17)23(37)36(6-7-39-18)14-11-38-12-14/h2-3,8-9,13-14,30H,4-7,10-12H2,1H3,(H,31,32,34). The first kappa shape index (κ1) is 27.5. The van der Waals surface area contributed by atoms with Gasteiger partial charge in [0.25, 0.3) is 5.91 Å². The van der Waals surface area contributed by atoms with Crippen molar-refractivity contribution < 1.29 is 22.7 Å². The molecule has 6 heterocycles. The van der Waals surface area contributed by atoms with E-state index in [0.29, 0.717) is 52.8 Å². The number of aromatic nitrogens is 3. The zero-order valence-electron chi connectivity index (χ0n) is 21.3. The van der Waals surface area contributed by atoms with Gasteiger partial charge in [-0.3, -0.25) is 4.79 Å². The summed E-state index contributed by atoms with van der Waals surface area (Å²) in [5.41, 5.74) is -0.917. The van der Waals surface area contributed by atoms with Crippen LogP contribution in [0, 0.1) is 0 Å². The van der Waals surface area contributed by atoms with Crippen molar-refractivity contribution in [2.75, 3.05) is 55.4 Å². The Bertz CT molecular complexity index is 1440. The third-order valence-electron chi connectivity index (χ3n) is 6.90. The van der Waals surface area contributed by atoms with E-state index in [1.807, 2.05) is 0 Å². The Labute approximate surface area is 241 Å². The number of hydrogen-bond donors (Lipinski definition) is 2. The molecule has 0 saturated carbocycles. The summed E-state index contributed by atoms with van der Waals surface area (Å²) < 4.78 is 47.3. The van der Waals surface area contributed by atoms with Crippen molar-refractivity contribution in [2.24, 2.45) is 0 Å². The number of carbonyl (C=O) groups excluding carboxylic acids is 1. The Kier molecular flexibility index (Phi) is 7.55. The van der Waals surface area contributed by atoms with Gasteiger partial charge in [-0.25, -0.2) is 15.0 Å². The highest BCUT2D eigenvalue weighted by molar-refractivity contribution is 7.99. The van der Waals surface area contributed by atoms with Crippen LogP contribution in [0.2, 0.25) is 5.15 Å². The summed E-state index contributed by atoms with van der Waals surface area (Å²) in [7, 11) is 0. The number of nitrogens with one attached hydrogen (secondary N) is 2. The molecule has 15 heteroatoms. The molecule has 2 N–H and O–H groups in total. The van der Waals surface area contributed by atoms with Gasteiger partial charge in [0.15, 0.2) is 5.15 Å². The molecule has 1 amide bonds. The van der Waals surface area contributed by atoms with Crippen molar-refractivity contribution in [3.05, 3.63) is 40.0 Å². The minimum Gasteiger partial charge on any atom is -0.377 e. The Morgan fingerprint density at radius 1 is 1.23 bits per heavy atom. The van der Waals surface area contributed by atoms with Crippen LogP contribution in [0.15, 0.2) is 29.3 Å². The van der Waals surface area contributed by atoms with Crippen molar-refractivity contribution >= 4 is 58.1 Å². The summed E-state index contributed by atoms with van der Waals surface area (Å²) >= 11 is 8.91. The number of rotatable bonds is 5. The molecular weight excluding hydrogens is 587 g/mol. The molecule has 1 atom stereocenters. The highest BCUT2D eigenvalue weighted by Crippen LogP contribution is 2.43. The second-order valence-electron chi connectivity index (χ2n) is 9.73. The first-order chi connectivity index (χ1) is 19.2. The summed E-state index contributed by atoms with van der Waals surface area (Å²) in [5, 5.41) is 6.43. The minimum absolute atomic E-state index is 0.00934. The van der Waals surface area contributed by atoms with Crippen LogP contribution in [0.5, 0.6) is 0 Å². The third kappa shape index (κ3) is 5.47. The van der Waals surface area contributed by atoms with Gasteiger partial charge >= 0.3 is 6.18 Å². The molecular formula is C25H25ClF3N7O2S2. The van der Waals surface area contributed by atoms with Gasteiger partial charge < -0.3 is 25.2 Å². The average Bonchev–Trinajstić information content (AvgIpc) is 3.25. The van der Waals surface area contributed by atoms with Gasteiger partial charge in [-0.05, 0) is 25.1 Å². The number of amides is 1. The summed E-state index contributed by atoms with van der Waals surface area (Å²) in [5.74, 6) is 1.10. The smallest absolute Gasteiger partial charge is 0.377 e. The number of thioether (sulfide) groups is 1. The van der Waals surface area contributed by atoms with E-state index < -0.39 is 11.7 Å². The molecule has 3 aliphatic heterocycles. The minimum atomic E-state index is -4.69. The van der Waals surface area contributed by atoms with Crippen LogP contribution in [-0.2, 0) is 10.9 Å². The molecule has 6 rings (SSSR count). The predicted octanol–water partition coefficient (Wildman–Crippen LogP) is 4.76. The molecule has 0 radical (unpaired) electrons. The van der Waals surface area contributed by atoms with Crippen molar-refractivity contribution in [1.82, 2.24) is 25.2 Å². The lowest BCUT2D eigenvalue weighted by Gasteiger charge is -2.36. The van der Waals surface area contributed by atoms with Crippen molar-refractivity contribution in [2.45, 2.75) is 30.1 Å². The van der Waals surface area contributed by atoms with Crippen LogP contribution in [0.4, 0.5) is 30.6 Å². The van der Waals surface area contributed by atoms with Crippen LogP contribution in [0.3, 0.4) is 0 Å². The molecule has 1 unspecified atom stereocenters. The maximum absolute atomic E-state index is 14.0. The highest BCUT2D eigenvalue weighted by Gasteiger charge is 2.38. The SMILES string of the molecule is CC1CN(c2ccc(Nc3ncc(C(F)(F)F)c(-c4cc5c(s4)C(=O)N(C4COC4)CCS5)n3)c(Cl)n2)CCN1. The van der Waals surface area contributed by atoms with Gasteiger partial charge in [-0.1, -0.05) is 11.6 Å². The van der Waals surface area contributed by atoms with Crippen molar-refractivity contribution in [1.29, 1.82) is 0 Å². The molecule has 9 nitrogen and oxygen atoms in total. The topological polar surface area (TPSA) is 95.5 Å². The summed E-state index contributed by atoms with van der Waals surface area (Å²) in [6.45, 7) is 5.97. The van der Waals surface area contributed by atoms with Crippen molar-refractivity contribution in [3.63, 3.8) is 0 Å².